The van der Waals surface area contributed by atoms with Crippen LogP contribution in [0, 0.1) is 6.92 Å². The van der Waals surface area contributed by atoms with Crippen LogP contribution in [-0.2, 0) is 0 Å². The molecule has 0 N–H and O–H groups in total. The van der Waals surface area contributed by atoms with E-state index in [4.69, 9.17) is 15.0 Å². The third-order valence-electron chi connectivity index (χ3n) is 7.14. The molecule has 190 valence electrons. The number of hydrogen-bond donors (Lipinski definition) is 0. The van der Waals surface area contributed by atoms with Crippen molar-refractivity contribution in [3.63, 3.8) is 0 Å². The maximum atomic E-state index is 4.97. The maximum absolute atomic E-state index is 4.97. The van der Waals surface area contributed by atoms with E-state index in [0.717, 1.165) is 36.0 Å². The monoisotopic (exact) mass is 505 g/mol. The summed E-state index contributed by atoms with van der Waals surface area (Å²) in [5.41, 5.74) is 9.09. The van der Waals surface area contributed by atoms with Gasteiger partial charge in [-0.15, -0.1) is 0 Å². The summed E-state index contributed by atoms with van der Waals surface area (Å²) in [4.78, 5) is 14.8. The van der Waals surface area contributed by atoms with Crippen LogP contribution in [0.1, 0.15) is 48.2 Å². The molecule has 2 aliphatic rings. The molecule has 1 heterocycles. The minimum atomic E-state index is 0.683. The average molecular weight is 506 g/mol. The number of aromatic nitrogens is 3. The Balaban J connectivity index is 1.38. The second kappa shape index (κ2) is 11.4. The third-order valence-corrected chi connectivity index (χ3v) is 7.14. The normalized spacial score (nSPS) is 15.2. The largest absolute Gasteiger partial charge is 0.208 e. The first-order valence-corrected chi connectivity index (χ1v) is 13.7. The summed E-state index contributed by atoms with van der Waals surface area (Å²) >= 11 is 0. The van der Waals surface area contributed by atoms with Gasteiger partial charge < -0.3 is 0 Å². The summed E-state index contributed by atoms with van der Waals surface area (Å²) in [5.74, 6) is 2.05. The van der Waals surface area contributed by atoms with E-state index in [1.165, 1.54) is 34.3 Å². The Kier molecular flexibility index (Phi) is 7.22. The summed E-state index contributed by atoms with van der Waals surface area (Å²) in [6.45, 7) is 2.09. The molecule has 4 aromatic rings. The second-order valence-corrected chi connectivity index (χ2v) is 10.00. The van der Waals surface area contributed by atoms with Gasteiger partial charge in [-0.2, -0.15) is 0 Å². The fourth-order valence-electron chi connectivity index (χ4n) is 4.90. The Labute approximate surface area is 230 Å². The number of benzene rings is 3. The van der Waals surface area contributed by atoms with Gasteiger partial charge in [0.25, 0.3) is 0 Å². The summed E-state index contributed by atoms with van der Waals surface area (Å²) in [7, 11) is 0. The van der Waals surface area contributed by atoms with Crippen LogP contribution < -0.4 is 0 Å². The molecule has 39 heavy (non-hydrogen) atoms. The highest BCUT2D eigenvalue weighted by Gasteiger charge is 2.14. The van der Waals surface area contributed by atoms with E-state index < -0.39 is 0 Å². The number of allylic oxidation sites excluding steroid dienone is 10. The van der Waals surface area contributed by atoms with E-state index in [0.29, 0.717) is 17.5 Å². The van der Waals surface area contributed by atoms with Crippen LogP contribution in [0.5, 0.6) is 0 Å². The lowest BCUT2D eigenvalue weighted by Gasteiger charge is -2.10. The standard InChI is InChI=1S/C36H31N3/c1-26-16-18-32(19-17-26)35-37-34(31-15-9-14-29(20-23-31)27-12-7-4-8-13-27)38-36(39-35)33-24-21-30(22-25-33)28-10-5-2-3-6-11-28/h4-5,7-8,10-25H,2-3,6,9H2,1H3. The van der Waals surface area contributed by atoms with Crippen molar-refractivity contribution in [1.29, 1.82) is 0 Å². The minimum Gasteiger partial charge on any atom is -0.208 e. The predicted molar refractivity (Wildman–Crippen MR) is 163 cm³/mol. The minimum absolute atomic E-state index is 0.683. The van der Waals surface area contributed by atoms with Crippen molar-refractivity contribution >= 4 is 16.7 Å². The van der Waals surface area contributed by atoms with E-state index >= 15 is 0 Å². The van der Waals surface area contributed by atoms with Crippen LogP contribution in [0.4, 0.5) is 0 Å². The first kappa shape index (κ1) is 24.7. The van der Waals surface area contributed by atoms with Crippen molar-refractivity contribution in [2.75, 3.05) is 0 Å². The number of rotatable bonds is 5. The van der Waals surface area contributed by atoms with Crippen molar-refractivity contribution in [3.05, 3.63) is 144 Å². The molecule has 6 rings (SSSR count). The van der Waals surface area contributed by atoms with Gasteiger partial charge in [0.1, 0.15) is 0 Å². The van der Waals surface area contributed by atoms with Crippen molar-refractivity contribution in [2.24, 2.45) is 0 Å². The maximum Gasteiger partial charge on any atom is 0.164 e. The molecule has 0 saturated carbocycles. The highest BCUT2D eigenvalue weighted by atomic mass is 15.0. The Morgan fingerprint density at radius 2 is 1.05 bits per heavy atom. The molecule has 0 bridgehead atoms. The van der Waals surface area contributed by atoms with Gasteiger partial charge in [0.05, 0.1) is 0 Å². The van der Waals surface area contributed by atoms with Crippen LogP contribution >= 0.6 is 0 Å². The van der Waals surface area contributed by atoms with E-state index in [1.807, 2.05) is 6.07 Å². The first-order valence-electron chi connectivity index (χ1n) is 13.7. The Morgan fingerprint density at radius 3 is 1.79 bits per heavy atom. The zero-order chi connectivity index (χ0) is 26.4. The molecule has 0 aliphatic heterocycles. The van der Waals surface area contributed by atoms with Crippen molar-refractivity contribution in [1.82, 2.24) is 15.0 Å². The van der Waals surface area contributed by atoms with Gasteiger partial charge in [0.2, 0.25) is 0 Å². The molecule has 3 aromatic carbocycles. The van der Waals surface area contributed by atoms with E-state index in [-0.39, 0.29) is 0 Å². The van der Waals surface area contributed by atoms with Gasteiger partial charge in [-0.05, 0) is 54.9 Å². The lowest BCUT2D eigenvalue weighted by atomic mass is 10.0. The Morgan fingerprint density at radius 1 is 0.487 bits per heavy atom. The first-order chi connectivity index (χ1) is 19.2. The van der Waals surface area contributed by atoms with Crippen LogP contribution in [0.3, 0.4) is 0 Å². The summed E-state index contributed by atoms with van der Waals surface area (Å²) in [6, 6.07) is 27.4. The number of hydrogen-bond acceptors (Lipinski definition) is 3. The van der Waals surface area contributed by atoms with E-state index in [9.17, 15) is 0 Å². The molecule has 0 unspecified atom stereocenters. The fraction of sp³-hybridized carbons (Fsp3) is 0.139. The molecule has 0 atom stereocenters. The van der Waals surface area contributed by atoms with Crippen LogP contribution in [0.25, 0.3) is 39.5 Å². The third kappa shape index (κ3) is 5.78. The van der Waals surface area contributed by atoms with E-state index in [2.05, 4.69) is 122 Å². The molecule has 0 radical (unpaired) electrons. The van der Waals surface area contributed by atoms with E-state index in [1.54, 1.807) is 0 Å². The van der Waals surface area contributed by atoms with Gasteiger partial charge in [-0.1, -0.05) is 127 Å². The Bertz CT molecular complexity index is 1620. The molecule has 3 heteroatoms. The highest BCUT2D eigenvalue weighted by molar-refractivity contribution is 5.82. The molecular weight excluding hydrogens is 474 g/mol. The van der Waals surface area contributed by atoms with Gasteiger partial charge in [-0.25, -0.2) is 15.0 Å². The zero-order valence-electron chi connectivity index (χ0n) is 22.2. The van der Waals surface area contributed by atoms with Gasteiger partial charge >= 0.3 is 0 Å². The lowest BCUT2D eigenvalue weighted by molar-refractivity contribution is 0.876. The van der Waals surface area contributed by atoms with Crippen molar-refractivity contribution in [2.45, 2.75) is 32.6 Å². The van der Waals surface area contributed by atoms with Crippen LogP contribution in [-0.4, -0.2) is 15.0 Å². The van der Waals surface area contributed by atoms with Crippen molar-refractivity contribution in [3.8, 4) is 22.8 Å². The van der Waals surface area contributed by atoms with Crippen molar-refractivity contribution < 1.29 is 0 Å². The van der Waals surface area contributed by atoms with Crippen LogP contribution in [0.15, 0.2) is 121 Å². The zero-order valence-corrected chi connectivity index (χ0v) is 22.2. The predicted octanol–water partition coefficient (Wildman–Crippen LogP) is 9.06. The number of nitrogens with zero attached hydrogens (tertiary/aromatic N) is 3. The highest BCUT2D eigenvalue weighted by Crippen LogP contribution is 2.28. The molecule has 2 aliphatic carbocycles. The summed E-state index contributed by atoms with van der Waals surface area (Å²) < 4.78 is 0. The lowest BCUT2D eigenvalue weighted by Crippen LogP contribution is -2.02. The Hall–Kier alpha value is -4.63. The fourth-order valence-corrected chi connectivity index (χ4v) is 4.90. The summed E-state index contributed by atoms with van der Waals surface area (Å²) in [6.07, 6.45) is 19.8. The molecule has 0 spiro atoms. The topological polar surface area (TPSA) is 38.7 Å². The average Bonchev–Trinajstić information content (AvgIpc) is 3.42. The molecule has 1 aromatic heterocycles. The smallest absolute Gasteiger partial charge is 0.164 e. The quantitative estimate of drug-likeness (QED) is 0.271. The molecule has 3 nitrogen and oxygen atoms in total. The second-order valence-electron chi connectivity index (χ2n) is 10.00. The summed E-state index contributed by atoms with van der Waals surface area (Å²) in [5, 5.41) is 0. The molecule has 0 fully saturated rings. The molecular formula is C36H31N3. The SMILES string of the molecule is Cc1ccc(-c2nc(C3=CCC=C(c4ccccc4)C=C3)nc(-c3ccc(C4=CCCCC=C4)cc3)n2)cc1. The molecule has 0 saturated heterocycles. The van der Waals surface area contributed by atoms with Crippen LogP contribution in [0.2, 0.25) is 0 Å². The number of aryl methyl sites for hydroxylation is 1. The van der Waals surface area contributed by atoms with Gasteiger partial charge in [0, 0.05) is 16.7 Å². The van der Waals surface area contributed by atoms with Gasteiger partial charge in [0.15, 0.2) is 17.5 Å². The van der Waals surface area contributed by atoms with Gasteiger partial charge in [-0.3, -0.25) is 0 Å². The molecule has 0 amide bonds.